The summed E-state index contributed by atoms with van der Waals surface area (Å²) >= 11 is 0. The topological polar surface area (TPSA) is 101 Å². The van der Waals surface area contributed by atoms with E-state index in [-0.39, 0.29) is 23.4 Å². The molecule has 2 fully saturated rings. The van der Waals surface area contributed by atoms with Crippen molar-refractivity contribution < 1.29 is 38.1 Å². The maximum absolute atomic E-state index is 13.4. The summed E-state index contributed by atoms with van der Waals surface area (Å²) in [6, 6.07) is 12.9. The van der Waals surface area contributed by atoms with Crippen LogP contribution in [0.5, 0.6) is 11.5 Å². The summed E-state index contributed by atoms with van der Waals surface area (Å²) < 4.78 is 27.3. The number of carbonyl (C=O) groups excluding carboxylic acids is 3. The SMILES string of the molecule is COC(=O)c1ccc(OCCCc2ccc(OCCCCOCC3CC3)cc2)c(C(=O)N2CCC(C(=O)OC)CC2)c1. The van der Waals surface area contributed by atoms with Crippen molar-refractivity contribution in [1.82, 2.24) is 4.90 Å². The lowest BCUT2D eigenvalue weighted by molar-refractivity contribution is -0.146. The number of methoxy groups -OCH3 is 2. The number of nitrogens with zero attached hydrogens (tertiary/aromatic N) is 1. The molecule has 0 aromatic heterocycles. The van der Waals surface area contributed by atoms with Crippen LogP contribution in [0.3, 0.4) is 0 Å². The van der Waals surface area contributed by atoms with Crippen LogP contribution in [0, 0.1) is 11.8 Å². The predicted octanol–water partition coefficient (Wildman–Crippen LogP) is 5.10. The number of amides is 1. The van der Waals surface area contributed by atoms with Gasteiger partial charge in [0.15, 0.2) is 0 Å². The molecule has 1 heterocycles. The molecule has 0 bridgehead atoms. The van der Waals surface area contributed by atoms with Crippen molar-refractivity contribution in [3.63, 3.8) is 0 Å². The molecular weight excluding hydrogens is 538 g/mol. The summed E-state index contributed by atoms with van der Waals surface area (Å²) in [5, 5.41) is 0. The number of piperidine rings is 1. The van der Waals surface area contributed by atoms with Crippen molar-refractivity contribution in [3.05, 3.63) is 59.2 Å². The van der Waals surface area contributed by atoms with E-state index in [1.165, 1.54) is 38.7 Å². The minimum absolute atomic E-state index is 0.210. The first-order valence-corrected chi connectivity index (χ1v) is 15.0. The van der Waals surface area contributed by atoms with Gasteiger partial charge in [-0.1, -0.05) is 12.1 Å². The van der Waals surface area contributed by atoms with E-state index in [1.54, 1.807) is 17.0 Å². The first kappa shape index (κ1) is 31.3. The van der Waals surface area contributed by atoms with Crippen LogP contribution in [0.15, 0.2) is 42.5 Å². The Hall–Kier alpha value is -3.59. The molecule has 0 spiro atoms. The monoisotopic (exact) mass is 581 g/mol. The van der Waals surface area contributed by atoms with Gasteiger partial charge in [-0.15, -0.1) is 0 Å². The van der Waals surface area contributed by atoms with Crippen molar-refractivity contribution in [1.29, 1.82) is 0 Å². The molecule has 0 N–H and O–H groups in total. The van der Waals surface area contributed by atoms with Crippen molar-refractivity contribution in [3.8, 4) is 11.5 Å². The third-order valence-electron chi connectivity index (χ3n) is 7.74. The molecule has 0 unspecified atom stereocenters. The largest absolute Gasteiger partial charge is 0.494 e. The first-order chi connectivity index (χ1) is 20.5. The van der Waals surface area contributed by atoms with Gasteiger partial charge in [-0.3, -0.25) is 9.59 Å². The molecular formula is C33H43NO8. The van der Waals surface area contributed by atoms with Crippen molar-refractivity contribution in [2.45, 2.75) is 51.4 Å². The molecule has 1 aliphatic heterocycles. The molecule has 1 amide bonds. The molecule has 2 aromatic rings. The van der Waals surface area contributed by atoms with E-state index in [4.69, 9.17) is 23.7 Å². The molecule has 1 saturated heterocycles. The van der Waals surface area contributed by atoms with Crippen LogP contribution in [-0.4, -0.2) is 76.5 Å². The fourth-order valence-electron chi connectivity index (χ4n) is 4.96. The number of hydrogen-bond acceptors (Lipinski definition) is 8. The number of ether oxygens (including phenoxy) is 5. The molecule has 2 aliphatic rings. The van der Waals surface area contributed by atoms with E-state index < -0.39 is 5.97 Å². The molecule has 42 heavy (non-hydrogen) atoms. The third-order valence-corrected chi connectivity index (χ3v) is 7.74. The lowest BCUT2D eigenvalue weighted by atomic mass is 9.96. The van der Waals surface area contributed by atoms with Crippen LogP contribution >= 0.6 is 0 Å². The second-order valence-corrected chi connectivity index (χ2v) is 11.0. The van der Waals surface area contributed by atoms with Crippen LogP contribution in [-0.2, 0) is 25.4 Å². The summed E-state index contributed by atoms with van der Waals surface area (Å²) in [5.41, 5.74) is 1.76. The average molecular weight is 582 g/mol. The number of rotatable bonds is 16. The Morgan fingerprint density at radius 2 is 1.52 bits per heavy atom. The van der Waals surface area contributed by atoms with E-state index in [0.29, 0.717) is 50.5 Å². The Kier molecular flexibility index (Phi) is 12.1. The van der Waals surface area contributed by atoms with Crippen LogP contribution in [0.1, 0.15) is 71.2 Å². The number of likely N-dealkylation sites (tertiary alicyclic amines) is 1. The Bertz CT molecular complexity index is 1170. The highest BCUT2D eigenvalue weighted by atomic mass is 16.5. The molecule has 228 valence electrons. The molecule has 0 radical (unpaired) electrons. The van der Waals surface area contributed by atoms with Gasteiger partial charge in [0, 0.05) is 26.3 Å². The number of unbranched alkanes of at least 4 members (excludes halogenated alkanes) is 1. The molecule has 1 saturated carbocycles. The van der Waals surface area contributed by atoms with Crippen molar-refractivity contribution >= 4 is 17.8 Å². The fraction of sp³-hybridized carbons (Fsp3) is 0.545. The van der Waals surface area contributed by atoms with Crippen molar-refractivity contribution in [2.24, 2.45) is 11.8 Å². The molecule has 2 aromatic carbocycles. The van der Waals surface area contributed by atoms with Gasteiger partial charge in [-0.2, -0.15) is 0 Å². The standard InChI is InChI=1S/C33H43NO8/c1-38-32(36)26-15-17-34(18-16-26)31(35)29-22-27(33(37)39-2)11-14-30(29)42-21-5-6-24-9-12-28(13-10-24)41-20-4-3-19-40-23-25-7-8-25/h9-14,22,25-26H,3-8,15-21,23H2,1-2H3. The molecule has 9 nitrogen and oxygen atoms in total. The zero-order valence-corrected chi connectivity index (χ0v) is 24.8. The van der Waals surface area contributed by atoms with E-state index >= 15 is 0 Å². The smallest absolute Gasteiger partial charge is 0.337 e. The fourth-order valence-corrected chi connectivity index (χ4v) is 4.96. The quantitative estimate of drug-likeness (QED) is 0.200. The zero-order chi connectivity index (χ0) is 29.7. The maximum atomic E-state index is 13.4. The van der Waals surface area contributed by atoms with E-state index in [0.717, 1.165) is 50.6 Å². The number of hydrogen-bond donors (Lipinski definition) is 0. The second kappa shape index (κ2) is 16.2. The first-order valence-electron chi connectivity index (χ1n) is 15.0. The average Bonchev–Trinajstić information content (AvgIpc) is 3.87. The highest BCUT2D eigenvalue weighted by molar-refractivity contribution is 6.00. The molecule has 1 aliphatic carbocycles. The minimum Gasteiger partial charge on any atom is -0.494 e. The number of benzene rings is 2. The van der Waals surface area contributed by atoms with Crippen LogP contribution in [0.25, 0.3) is 0 Å². The maximum Gasteiger partial charge on any atom is 0.337 e. The molecule has 0 atom stereocenters. The summed E-state index contributed by atoms with van der Waals surface area (Å²) in [7, 11) is 2.68. The van der Waals surface area contributed by atoms with Gasteiger partial charge in [0.1, 0.15) is 11.5 Å². The Morgan fingerprint density at radius 1 is 0.810 bits per heavy atom. The molecule has 9 heteroatoms. The van der Waals surface area contributed by atoms with Crippen LogP contribution in [0.2, 0.25) is 0 Å². The van der Waals surface area contributed by atoms with E-state index in [9.17, 15) is 14.4 Å². The third kappa shape index (κ3) is 9.48. The van der Waals surface area contributed by atoms with Gasteiger partial charge >= 0.3 is 11.9 Å². The summed E-state index contributed by atoms with van der Waals surface area (Å²) in [5.74, 6) is 0.870. The predicted molar refractivity (Wildman–Crippen MR) is 157 cm³/mol. The number of aryl methyl sites for hydroxylation is 1. The van der Waals surface area contributed by atoms with E-state index in [1.807, 2.05) is 12.1 Å². The van der Waals surface area contributed by atoms with Gasteiger partial charge in [-0.25, -0.2) is 4.79 Å². The summed E-state index contributed by atoms with van der Waals surface area (Å²) in [4.78, 5) is 39.2. The van der Waals surface area contributed by atoms with Crippen molar-refractivity contribution in [2.75, 3.05) is 53.7 Å². The van der Waals surface area contributed by atoms with Gasteiger partial charge in [-0.05, 0) is 93.2 Å². The Balaban J connectivity index is 1.23. The van der Waals surface area contributed by atoms with Gasteiger partial charge in [0.2, 0.25) is 0 Å². The van der Waals surface area contributed by atoms with Crippen LogP contribution < -0.4 is 9.47 Å². The number of carbonyl (C=O) groups is 3. The van der Waals surface area contributed by atoms with Crippen LogP contribution in [0.4, 0.5) is 0 Å². The van der Waals surface area contributed by atoms with Gasteiger partial charge in [0.25, 0.3) is 5.91 Å². The lowest BCUT2D eigenvalue weighted by Gasteiger charge is -2.31. The second-order valence-electron chi connectivity index (χ2n) is 11.0. The Morgan fingerprint density at radius 3 is 2.21 bits per heavy atom. The lowest BCUT2D eigenvalue weighted by Crippen LogP contribution is -2.40. The Labute approximate surface area is 248 Å². The summed E-state index contributed by atoms with van der Waals surface area (Å²) in [6.07, 6.45) is 7.25. The molecule has 4 rings (SSSR count). The summed E-state index contributed by atoms with van der Waals surface area (Å²) in [6.45, 7) is 3.65. The minimum atomic E-state index is -0.523. The highest BCUT2D eigenvalue weighted by Gasteiger charge is 2.30. The van der Waals surface area contributed by atoms with Gasteiger partial charge in [0.05, 0.1) is 44.5 Å². The van der Waals surface area contributed by atoms with Gasteiger partial charge < -0.3 is 28.6 Å². The number of esters is 2. The zero-order valence-electron chi connectivity index (χ0n) is 24.8. The van der Waals surface area contributed by atoms with E-state index in [2.05, 4.69) is 12.1 Å². The normalized spacial score (nSPS) is 15.2. The highest BCUT2D eigenvalue weighted by Crippen LogP contribution is 2.29.